The number of thiophene rings is 1. The van der Waals surface area contributed by atoms with Crippen molar-refractivity contribution in [2.45, 2.75) is 78.0 Å². The van der Waals surface area contributed by atoms with Crippen molar-refractivity contribution in [1.29, 1.82) is 0 Å². The van der Waals surface area contributed by atoms with Crippen LogP contribution in [0.3, 0.4) is 0 Å². The number of aromatic nitrogens is 5. The number of rotatable bonds is 8. The van der Waals surface area contributed by atoms with Gasteiger partial charge in [-0.05, 0) is 89.7 Å². The highest BCUT2D eigenvalue weighted by molar-refractivity contribution is 7.09. The predicted octanol–water partition coefficient (Wildman–Crippen LogP) is 5.46. The van der Waals surface area contributed by atoms with Crippen molar-refractivity contribution >= 4 is 22.2 Å². The number of hydrogen-bond donors (Lipinski definition) is 1. The van der Waals surface area contributed by atoms with Gasteiger partial charge < -0.3 is 4.98 Å². The molecule has 1 fully saturated rings. The summed E-state index contributed by atoms with van der Waals surface area (Å²) in [5, 5.41) is 16.1. The first-order valence-electron chi connectivity index (χ1n) is 12.2. The zero-order chi connectivity index (χ0) is 23.7. The Hall–Kier alpha value is -2.84. The normalized spacial score (nSPS) is 15.5. The van der Waals surface area contributed by atoms with Crippen molar-refractivity contribution in [1.82, 2.24) is 30.1 Å². The molecule has 7 nitrogen and oxygen atoms in total. The molecular formula is C26H32N6OS. The third-order valence-electron chi connectivity index (χ3n) is 7.16. The molecule has 0 bridgehead atoms. The van der Waals surface area contributed by atoms with E-state index in [9.17, 15) is 4.79 Å². The Balaban J connectivity index is 1.53. The summed E-state index contributed by atoms with van der Waals surface area (Å²) in [6.45, 7) is 7.64. The number of tetrazole rings is 1. The first-order valence-corrected chi connectivity index (χ1v) is 13.1. The van der Waals surface area contributed by atoms with Crippen molar-refractivity contribution in [2.24, 2.45) is 0 Å². The standard InChI is InChI=1S/C26H32N6OS/c1-4-24(25-28-29-30-32(25)21-8-5-6-9-21)31(16-22-10-7-11-34-22)15-20-14-19-12-17(2)18(3)13-23(19)27-26(20)33/h7,10-14,21,24H,4-6,8-9,15-16H2,1-3H3,(H,27,33)/t24-/m0/s1. The fourth-order valence-electron chi connectivity index (χ4n) is 5.17. The van der Waals surface area contributed by atoms with E-state index in [-0.39, 0.29) is 11.6 Å². The second-order valence-corrected chi connectivity index (χ2v) is 10.5. The van der Waals surface area contributed by atoms with Crippen LogP contribution in [0, 0.1) is 13.8 Å². The second-order valence-electron chi connectivity index (χ2n) is 9.48. The molecule has 34 heavy (non-hydrogen) atoms. The molecule has 3 heterocycles. The molecule has 1 N–H and O–H groups in total. The summed E-state index contributed by atoms with van der Waals surface area (Å²) in [5.74, 6) is 0.912. The van der Waals surface area contributed by atoms with Gasteiger partial charge in [0.2, 0.25) is 0 Å². The largest absolute Gasteiger partial charge is 0.322 e. The molecule has 0 amide bonds. The van der Waals surface area contributed by atoms with Crippen molar-refractivity contribution in [2.75, 3.05) is 0 Å². The molecule has 0 spiro atoms. The van der Waals surface area contributed by atoms with Crippen LogP contribution < -0.4 is 5.56 Å². The Bertz CT molecular complexity index is 1320. The van der Waals surface area contributed by atoms with Gasteiger partial charge in [0.05, 0.1) is 12.1 Å². The highest BCUT2D eigenvalue weighted by atomic mass is 32.1. The topological polar surface area (TPSA) is 79.7 Å². The molecule has 0 aliphatic heterocycles. The third kappa shape index (κ3) is 4.57. The minimum atomic E-state index is -0.0304. The number of nitrogens with one attached hydrogen (secondary N) is 1. The van der Waals surface area contributed by atoms with Crippen LogP contribution in [0.1, 0.15) is 78.5 Å². The lowest BCUT2D eigenvalue weighted by molar-refractivity contribution is 0.159. The van der Waals surface area contributed by atoms with E-state index in [2.05, 4.69) is 86.6 Å². The summed E-state index contributed by atoms with van der Waals surface area (Å²) in [7, 11) is 0. The number of nitrogens with zero attached hydrogens (tertiary/aromatic N) is 5. The molecule has 8 heteroatoms. The Morgan fingerprint density at radius 1 is 1.18 bits per heavy atom. The van der Waals surface area contributed by atoms with Crippen LogP contribution >= 0.6 is 11.3 Å². The van der Waals surface area contributed by atoms with Crippen LogP contribution in [0.2, 0.25) is 0 Å². The smallest absolute Gasteiger partial charge is 0.252 e. The zero-order valence-corrected chi connectivity index (χ0v) is 20.9. The number of fused-ring (bicyclic) bond motifs is 1. The van der Waals surface area contributed by atoms with Crippen LogP contribution in [-0.2, 0) is 13.1 Å². The van der Waals surface area contributed by atoms with Gasteiger partial charge in [-0.1, -0.05) is 25.8 Å². The fraction of sp³-hybridized carbons (Fsp3) is 0.462. The molecule has 4 aromatic rings. The summed E-state index contributed by atoms with van der Waals surface area (Å²) < 4.78 is 2.05. The summed E-state index contributed by atoms with van der Waals surface area (Å²) in [6.07, 6.45) is 5.57. The number of aryl methyl sites for hydroxylation is 2. The lowest BCUT2D eigenvalue weighted by Gasteiger charge is -2.30. The number of pyridine rings is 1. The maximum atomic E-state index is 13.1. The van der Waals surface area contributed by atoms with Gasteiger partial charge >= 0.3 is 0 Å². The molecule has 5 rings (SSSR count). The fourth-order valence-corrected chi connectivity index (χ4v) is 5.90. The molecule has 1 aliphatic carbocycles. The average molecular weight is 477 g/mol. The van der Waals surface area contributed by atoms with Crippen molar-refractivity contribution in [3.63, 3.8) is 0 Å². The van der Waals surface area contributed by atoms with Crippen molar-refractivity contribution in [3.05, 3.63) is 73.5 Å². The monoisotopic (exact) mass is 476 g/mol. The van der Waals surface area contributed by atoms with E-state index in [1.54, 1.807) is 11.3 Å². The minimum Gasteiger partial charge on any atom is -0.322 e. The van der Waals surface area contributed by atoms with Crippen LogP contribution in [0.5, 0.6) is 0 Å². The molecule has 0 saturated heterocycles. The third-order valence-corrected chi connectivity index (χ3v) is 8.02. The van der Waals surface area contributed by atoms with E-state index >= 15 is 0 Å². The number of benzene rings is 1. The lowest BCUT2D eigenvalue weighted by atomic mass is 10.0. The average Bonchev–Trinajstić information content (AvgIpc) is 3.59. The first kappa shape index (κ1) is 22.9. The summed E-state index contributed by atoms with van der Waals surface area (Å²) in [5.41, 5.74) is 4.03. The Morgan fingerprint density at radius 3 is 2.71 bits per heavy atom. The highest BCUT2D eigenvalue weighted by Crippen LogP contribution is 2.34. The molecule has 1 saturated carbocycles. The molecule has 1 aromatic carbocycles. The SMILES string of the molecule is CC[C@@H](c1nnnn1C1CCCC1)N(Cc1cccs1)Cc1cc2cc(C)c(C)cc2[nH]c1=O. The second kappa shape index (κ2) is 9.80. The van der Waals surface area contributed by atoms with E-state index in [1.165, 1.54) is 28.8 Å². The van der Waals surface area contributed by atoms with Gasteiger partial charge in [0, 0.05) is 29.0 Å². The van der Waals surface area contributed by atoms with E-state index < -0.39 is 0 Å². The molecular weight excluding hydrogens is 444 g/mol. The Kier molecular flexibility index (Phi) is 6.61. The predicted molar refractivity (Wildman–Crippen MR) is 136 cm³/mol. The molecule has 178 valence electrons. The van der Waals surface area contributed by atoms with Gasteiger partial charge in [0.15, 0.2) is 5.82 Å². The highest BCUT2D eigenvalue weighted by Gasteiger charge is 2.29. The van der Waals surface area contributed by atoms with E-state index in [0.717, 1.165) is 48.1 Å². The number of aromatic amines is 1. The number of hydrogen-bond acceptors (Lipinski definition) is 6. The molecule has 3 aromatic heterocycles. The Morgan fingerprint density at radius 2 is 1.97 bits per heavy atom. The molecule has 1 atom stereocenters. The van der Waals surface area contributed by atoms with Crippen molar-refractivity contribution < 1.29 is 0 Å². The van der Waals surface area contributed by atoms with Crippen LogP contribution in [0.15, 0.2) is 40.5 Å². The zero-order valence-electron chi connectivity index (χ0n) is 20.1. The van der Waals surface area contributed by atoms with E-state index in [0.29, 0.717) is 12.6 Å². The van der Waals surface area contributed by atoms with Crippen LogP contribution in [-0.4, -0.2) is 30.1 Å². The first-order chi connectivity index (χ1) is 16.5. The maximum Gasteiger partial charge on any atom is 0.252 e. The van der Waals surface area contributed by atoms with Gasteiger partial charge in [-0.3, -0.25) is 9.69 Å². The minimum absolute atomic E-state index is 0.0209. The van der Waals surface area contributed by atoms with Crippen molar-refractivity contribution in [3.8, 4) is 0 Å². The summed E-state index contributed by atoms with van der Waals surface area (Å²) in [6, 6.07) is 10.9. The van der Waals surface area contributed by atoms with Gasteiger partial charge in [0.1, 0.15) is 0 Å². The molecule has 0 radical (unpaired) electrons. The molecule has 1 aliphatic rings. The van der Waals surface area contributed by atoms with E-state index in [4.69, 9.17) is 0 Å². The van der Waals surface area contributed by atoms with Gasteiger partial charge in [-0.15, -0.1) is 16.4 Å². The van der Waals surface area contributed by atoms with Gasteiger partial charge in [-0.2, -0.15) is 0 Å². The lowest BCUT2D eigenvalue weighted by Crippen LogP contribution is -2.32. The van der Waals surface area contributed by atoms with Gasteiger partial charge in [0.25, 0.3) is 5.56 Å². The Labute approximate surface area is 203 Å². The quantitative estimate of drug-likeness (QED) is 0.365. The molecule has 0 unspecified atom stereocenters. The van der Waals surface area contributed by atoms with Gasteiger partial charge in [-0.25, -0.2) is 4.68 Å². The summed E-state index contributed by atoms with van der Waals surface area (Å²) >= 11 is 1.74. The van der Waals surface area contributed by atoms with E-state index in [1.807, 2.05) is 0 Å². The van der Waals surface area contributed by atoms with Crippen LogP contribution in [0.25, 0.3) is 10.9 Å². The maximum absolute atomic E-state index is 13.1. The number of H-pyrrole nitrogens is 1. The summed E-state index contributed by atoms with van der Waals surface area (Å²) in [4.78, 5) is 19.9. The van der Waals surface area contributed by atoms with Crippen LogP contribution in [0.4, 0.5) is 0 Å².